The van der Waals surface area contributed by atoms with Crippen LogP contribution < -0.4 is 19.6 Å². The standard InChI is InChI=1S/C29H19BrCl2N2O6/c30-21-6-13-24(14-7-21)38-17-27(35)34-33-16-20-5-12-25(39-28(36)18-1-8-22(31)9-2-18)15-26(20)40-29(37)19-3-10-23(32)11-4-19/h1-16H,17H2,(H,34,35)/b33-16-. The fraction of sp³-hybridized carbons (Fsp3) is 0.0345. The van der Waals surface area contributed by atoms with Crippen LogP contribution in [-0.2, 0) is 4.79 Å². The van der Waals surface area contributed by atoms with E-state index in [2.05, 4.69) is 26.5 Å². The summed E-state index contributed by atoms with van der Waals surface area (Å²) in [6.07, 6.45) is 1.28. The lowest BCUT2D eigenvalue weighted by Gasteiger charge is -2.11. The Hall–Kier alpha value is -4.18. The Kier molecular flexibility index (Phi) is 9.91. The maximum atomic E-state index is 12.8. The molecule has 0 radical (unpaired) electrons. The van der Waals surface area contributed by atoms with Crippen molar-refractivity contribution in [2.45, 2.75) is 0 Å². The smallest absolute Gasteiger partial charge is 0.343 e. The molecule has 0 aliphatic heterocycles. The number of carbonyl (C=O) groups is 3. The molecule has 4 rings (SSSR count). The highest BCUT2D eigenvalue weighted by Gasteiger charge is 2.15. The number of esters is 2. The van der Waals surface area contributed by atoms with E-state index in [1.165, 1.54) is 48.7 Å². The highest BCUT2D eigenvalue weighted by molar-refractivity contribution is 9.10. The van der Waals surface area contributed by atoms with Gasteiger partial charge in [0.2, 0.25) is 0 Å². The maximum absolute atomic E-state index is 12.8. The Bertz CT molecular complexity index is 1540. The van der Waals surface area contributed by atoms with E-state index in [-0.39, 0.29) is 29.2 Å². The molecule has 0 unspecified atom stereocenters. The van der Waals surface area contributed by atoms with Crippen molar-refractivity contribution < 1.29 is 28.6 Å². The number of hydrazone groups is 1. The number of halogens is 3. The summed E-state index contributed by atoms with van der Waals surface area (Å²) >= 11 is 15.1. The topological polar surface area (TPSA) is 103 Å². The van der Waals surface area contributed by atoms with Crippen molar-refractivity contribution in [1.29, 1.82) is 0 Å². The van der Waals surface area contributed by atoms with Crippen molar-refractivity contribution in [3.05, 3.63) is 122 Å². The molecule has 0 saturated carbocycles. The van der Waals surface area contributed by atoms with Crippen LogP contribution in [0, 0.1) is 0 Å². The van der Waals surface area contributed by atoms with Gasteiger partial charge in [0.05, 0.1) is 17.3 Å². The van der Waals surface area contributed by atoms with Crippen LogP contribution in [0.25, 0.3) is 0 Å². The Morgan fingerprint density at radius 2 is 1.30 bits per heavy atom. The van der Waals surface area contributed by atoms with Crippen molar-refractivity contribution >= 4 is 63.2 Å². The third kappa shape index (κ3) is 8.41. The molecule has 40 heavy (non-hydrogen) atoms. The number of ether oxygens (including phenoxy) is 3. The molecule has 1 amide bonds. The lowest BCUT2D eigenvalue weighted by atomic mass is 10.2. The summed E-state index contributed by atoms with van der Waals surface area (Å²) in [6.45, 7) is -0.267. The number of hydrogen-bond donors (Lipinski definition) is 1. The molecule has 4 aromatic rings. The van der Waals surface area contributed by atoms with E-state index in [9.17, 15) is 14.4 Å². The molecule has 4 aromatic carbocycles. The summed E-state index contributed by atoms with van der Waals surface area (Å²) in [7, 11) is 0. The summed E-state index contributed by atoms with van der Waals surface area (Å²) in [5.74, 6) is -1.16. The summed E-state index contributed by atoms with van der Waals surface area (Å²) in [5, 5.41) is 4.86. The van der Waals surface area contributed by atoms with Gasteiger partial charge in [0.25, 0.3) is 5.91 Å². The molecule has 0 aliphatic rings. The van der Waals surface area contributed by atoms with Gasteiger partial charge in [-0.25, -0.2) is 15.0 Å². The number of benzene rings is 4. The Morgan fingerprint density at radius 3 is 1.90 bits per heavy atom. The summed E-state index contributed by atoms with van der Waals surface area (Å²) < 4.78 is 17.3. The number of hydrogen-bond acceptors (Lipinski definition) is 7. The van der Waals surface area contributed by atoms with Gasteiger partial charge < -0.3 is 14.2 Å². The number of rotatable bonds is 9. The van der Waals surface area contributed by atoms with Crippen molar-refractivity contribution in [3.8, 4) is 17.2 Å². The molecule has 202 valence electrons. The molecule has 1 N–H and O–H groups in total. The summed E-state index contributed by atoms with van der Waals surface area (Å²) in [6, 6.07) is 23.7. The summed E-state index contributed by atoms with van der Waals surface area (Å²) in [4.78, 5) is 37.5. The predicted molar refractivity (Wildman–Crippen MR) is 155 cm³/mol. The first-order valence-corrected chi connectivity index (χ1v) is 13.1. The highest BCUT2D eigenvalue weighted by atomic mass is 79.9. The summed E-state index contributed by atoms with van der Waals surface area (Å²) in [5.41, 5.74) is 3.20. The van der Waals surface area contributed by atoms with Gasteiger partial charge in [-0.05, 0) is 84.9 Å². The Balaban J connectivity index is 1.48. The monoisotopic (exact) mass is 640 g/mol. The number of carbonyl (C=O) groups excluding carboxylic acids is 3. The third-order valence-corrected chi connectivity index (χ3v) is 6.17. The van der Waals surface area contributed by atoms with E-state index in [1.54, 1.807) is 48.5 Å². The van der Waals surface area contributed by atoms with Crippen molar-refractivity contribution in [2.24, 2.45) is 5.10 Å². The minimum atomic E-state index is -0.681. The zero-order valence-corrected chi connectivity index (χ0v) is 23.6. The molecule has 0 heterocycles. The fourth-order valence-electron chi connectivity index (χ4n) is 3.16. The minimum Gasteiger partial charge on any atom is -0.484 e. The molecular formula is C29H19BrCl2N2O6. The van der Waals surface area contributed by atoms with Crippen molar-refractivity contribution in [3.63, 3.8) is 0 Å². The van der Waals surface area contributed by atoms with Gasteiger partial charge >= 0.3 is 11.9 Å². The van der Waals surface area contributed by atoms with Crippen molar-refractivity contribution in [1.82, 2.24) is 5.43 Å². The molecule has 11 heteroatoms. The largest absolute Gasteiger partial charge is 0.484 e. The van der Waals surface area contributed by atoms with Gasteiger partial charge in [-0.15, -0.1) is 0 Å². The SMILES string of the molecule is O=C(COc1ccc(Br)cc1)N/N=C\c1ccc(OC(=O)c2ccc(Cl)cc2)cc1OC(=O)c1ccc(Cl)cc1. The molecule has 0 fully saturated rings. The van der Waals surface area contributed by atoms with Gasteiger partial charge in [-0.1, -0.05) is 39.1 Å². The van der Waals surface area contributed by atoms with Crippen LogP contribution in [-0.4, -0.2) is 30.7 Å². The molecule has 0 spiro atoms. The second kappa shape index (κ2) is 13.7. The van der Waals surface area contributed by atoms with E-state index in [1.807, 2.05) is 0 Å². The lowest BCUT2D eigenvalue weighted by molar-refractivity contribution is -0.123. The zero-order valence-electron chi connectivity index (χ0n) is 20.5. The fourth-order valence-corrected chi connectivity index (χ4v) is 3.67. The number of nitrogens with one attached hydrogen (secondary N) is 1. The molecule has 0 saturated heterocycles. The molecule has 0 aromatic heterocycles. The molecule has 8 nitrogen and oxygen atoms in total. The second-order valence-electron chi connectivity index (χ2n) is 8.03. The van der Waals surface area contributed by atoms with Crippen LogP contribution in [0.4, 0.5) is 0 Å². The van der Waals surface area contributed by atoms with Gasteiger partial charge in [-0.2, -0.15) is 5.10 Å². The molecule has 0 bridgehead atoms. The second-order valence-corrected chi connectivity index (χ2v) is 9.82. The Labute approximate surface area is 247 Å². The lowest BCUT2D eigenvalue weighted by Crippen LogP contribution is -2.24. The first kappa shape index (κ1) is 28.8. The quantitative estimate of drug-likeness (QED) is 0.0942. The van der Waals surface area contributed by atoms with E-state index >= 15 is 0 Å². The van der Waals surface area contributed by atoms with Crippen LogP contribution in [0.2, 0.25) is 10.0 Å². The maximum Gasteiger partial charge on any atom is 0.343 e. The van der Waals surface area contributed by atoms with Gasteiger partial charge in [0, 0.05) is 26.1 Å². The van der Waals surface area contributed by atoms with E-state index in [0.717, 1.165) is 4.47 Å². The average molecular weight is 642 g/mol. The molecular weight excluding hydrogens is 623 g/mol. The van der Waals surface area contributed by atoms with Crippen LogP contribution in [0.15, 0.2) is 101 Å². The number of nitrogens with zero attached hydrogens (tertiary/aromatic N) is 1. The first-order chi connectivity index (χ1) is 19.3. The highest BCUT2D eigenvalue weighted by Crippen LogP contribution is 2.26. The van der Waals surface area contributed by atoms with Crippen LogP contribution >= 0.6 is 39.1 Å². The minimum absolute atomic E-state index is 0.0328. The van der Waals surface area contributed by atoms with Crippen LogP contribution in [0.1, 0.15) is 26.3 Å². The zero-order chi connectivity index (χ0) is 28.5. The number of amides is 1. The third-order valence-electron chi connectivity index (χ3n) is 5.13. The predicted octanol–water partition coefficient (Wildman–Crippen LogP) is 6.72. The van der Waals surface area contributed by atoms with E-state index in [4.69, 9.17) is 37.4 Å². The van der Waals surface area contributed by atoms with Gasteiger partial charge in [-0.3, -0.25) is 4.79 Å². The van der Waals surface area contributed by atoms with Crippen LogP contribution in [0.5, 0.6) is 17.2 Å². The molecule has 0 atom stereocenters. The first-order valence-electron chi connectivity index (χ1n) is 11.6. The van der Waals surface area contributed by atoms with Gasteiger partial charge in [0.1, 0.15) is 17.2 Å². The average Bonchev–Trinajstić information content (AvgIpc) is 2.94. The van der Waals surface area contributed by atoms with Crippen LogP contribution in [0.3, 0.4) is 0 Å². The normalized spacial score (nSPS) is 10.7. The molecule has 0 aliphatic carbocycles. The Morgan fingerprint density at radius 1 is 0.750 bits per heavy atom. The van der Waals surface area contributed by atoms with Gasteiger partial charge in [0.15, 0.2) is 6.61 Å². The van der Waals surface area contributed by atoms with E-state index < -0.39 is 17.8 Å². The van der Waals surface area contributed by atoms with E-state index in [0.29, 0.717) is 21.4 Å². The van der Waals surface area contributed by atoms with Crippen molar-refractivity contribution in [2.75, 3.05) is 6.61 Å².